The molecule has 1 N–H and O–H groups in total. The van der Waals surface area contributed by atoms with Crippen LogP contribution in [0.5, 0.6) is 0 Å². The number of hydrogen-bond donors (Lipinski definition) is 1. The molecule has 0 heterocycles. The van der Waals surface area contributed by atoms with Crippen LogP contribution in [0.3, 0.4) is 0 Å². The Hall–Kier alpha value is -1.64. The minimum atomic E-state index is -1.47. The van der Waals surface area contributed by atoms with Crippen molar-refractivity contribution in [2.24, 2.45) is 0 Å². The Balaban J connectivity index is 3.25. The molecule has 8 heteroatoms. The van der Waals surface area contributed by atoms with Crippen molar-refractivity contribution in [3.63, 3.8) is 0 Å². The SMILES string of the molecule is COC(=O)CC(C)(N[S@+]([O-])C(C)(C)C)c1cccc([N+](=O)[O-])c1. The molecule has 7 nitrogen and oxygen atoms in total. The van der Waals surface area contributed by atoms with E-state index in [1.54, 1.807) is 33.8 Å². The third kappa shape index (κ3) is 5.19. The van der Waals surface area contributed by atoms with Crippen LogP contribution in [0.15, 0.2) is 24.3 Å². The highest BCUT2D eigenvalue weighted by Crippen LogP contribution is 2.31. The van der Waals surface area contributed by atoms with E-state index in [-0.39, 0.29) is 12.1 Å². The van der Waals surface area contributed by atoms with E-state index in [1.807, 2.05) is 0 Å². The van der Waals surface area contributed by atoms with E-state index >= 15 is 0 Å². The summed E-state index contributed by atoms with van der Waals surface area (Å²) in [5, 5.41) is 11.0. The summed E-state index contributed by atoms with van der Waals surface area (Å²) in [6.07, 6.45) is -0.105. The van der Waals surface area contributed by atoms with Crippen molar-refractivity contribution in [3.8, 4) is 0 Å². The Kier molecular flexibility index (Phi) is 6.15. The van der Waals surface area contributed by atoms with E-state index in [4.69, 9.17) is 4.74 Å². The smallest absolute Gasteiger partial charge is 0.307 e. The van der Waals surface area contributed by atoms with Gasteiger partial charge in [-0.05, 0) is 33.3 Å². The van der Waals surface area contributed by atoms with Crippen molar-refractivity contribution < 1.29 is 19.0 Å². The molecule has 1 unspecified atom stereocenters. The predicted octanol–water partition coefficient (Wildman–Crippen LogP) is 2.42. The first-order chi connectivity index (χ1) is 10.5. The molecule has 0 aliphatic heterocycles. The molecular formula is C15H22N2O5S. The fourth-order valence-corrected chi connectivity index (χ4v) is 2.78. The largest absolute Gasteiger partial charge is 0.598 e. The van der Waals surface area contributed by atoms with Gasteiger partial charge in [0.25, 0.3) is 5.69 Å². The molecule has 1 rings (SSSR count). The van der Waals surface area contributed by atoms with Crippen LogP contribution in [0, 0.1) is 10.1 Å². The lowest BCUT2D eigenvalue weighted by Gasteiger charge is -2.34. The van der Waals surface area contributed by atoms with Gasteiger partial charge in [-0.15, -0.1) is 4.72 Å². The van der Waals surface area contributed by atoms with Crippen molar-refractivity contribution >= 4 is 23.0 Å². The van der Waals surface area contributed by atoms with Crippen LogP contribution in [-0.4, -0.2) is 27.3 Å². The quantitative estimate of drug-likeness (QED) is 0.368. The highest BCUT2D eigenvalue weighted by Gasteiger charge is 2.39. The van der Waals surface area contributed by atoms with E-state index in [1.165, 1.54) is 25.3 Å². The highest BCUT2D eigenvalue weighted by molar-refractivity contribution is 7.90. The number of nitrogens with one attached hydrogen (secondary N) is 1. The zero-order chi connectivity index (χ0) is 17.8. The number of nitro benzene ring substituents is 1. The fourth-order valence-electron chi connectivity index (χ4n) is 1.88. The molecule has 0 bridgehead atoms. The van der Waals surface area contributed by atoms with Crippen LogP contribution in [0.4, 0.5) is 5.69 Å². The first-order valence-electron chi connectivity index (χ1n) is 7.01. The van der Waals surface area contributed by atoms with Crippen LogP contribution in [0.1, 0.15) is 39.7 Å². The van der Waals surface area contributed by atoms with Gasteiger partial charge in [-0.3, -0.25) is 14.9 Å². The van der Waals surface area contributed by atoms with Crippen molar-refractivity contribution in [1.29, 1.82) is 0 Å². The summed E-state index contributed by atoms with van der Waals surface area (Å²) in [5.74, 6) is -0.502. The number of nitrogens with zero attached hydrogens (tertiary/aromatic N) is 1. The molecule has 0 saturated carbocycles. The lowest BCUT2D eigenvalue weighted by molar-refractivity contribution is -0.385. The Labute approximate surface area is 138 Å². The summed E-state index contributed by atoms with van der Waals surface area (Å²) in [5.41, 5.74) is -0.659. The molecule has 23 heavy (non-hydrogen) atoms. The maximum atomic E-state index is 12.5. The molecule has 1 aromatic rings. The zero-order valence-corrected chi connectivity index (χ0v) is 14.7. The zero-order valence-electron chi connectivity index (χ0n) is 13.9. The Morgan fingerprint density at radius 1 is 1.35 bits per heavy atom. The summed E-state index contributed by atoms with van der Waals surface area (Å²) in [4.78, 5) is 22.2. The number of ether oxygens (including phenoxy) is 1. The van der Waals surface area contributed by atoms with Gasteiger partial charge in [-0.2, -0.15) is 0 Å². The van der Waals surface area contributed by atoms with Crippen molar-refractivity contribution in [3.05, 3.63) is 39.9 Å². The van der Waals surface area contributed by atoms with Gasteiger partial charge in [0.2, 0.25) is 0 Å². The number of nitro groups is 1. The third-order valence-electron chi connectivity index (χ3n) is 3.29. The Bertz CT molecular complexity index is 587. The molecule has 128 valence electrons. The number of methoxy groups -OCH3 is 1. The fraction of sp³-hybridized carbons (Fsp3) is 0.533. The monoisotopic (exact) mass is 342 g/mol. The van der Waals surface area contributed by atoms with Crippen molar-refractivity contribution in [2.75, 3.05) is 7.11 Å². The van der Waals surface area contributed by atoms with Gasteiger partial charge in [0, 0.05) is 23.5 Å². The maximum absolute atomic E-state index is 12.5. The van der Waals surface area contributed by atoms with Crippen molar-refractivity contribution in [1.82, 2.24) is 4.72 Å². The predicted molar refractivity (Wildman–Crippen MR) is 88.1 cm³/mol. The first kappa shape index (κ1) is 19.4. The van der Waals surface area contributed by atoms with Crippen LogP contribution < -0.4 is 4.72 Å². The van der Waals surface area contributed by atoms with E-state index in [0.29, 0.717) is 5.56 Å². The minimum absolute atomic E-state index is 0.0954. The van der Waals surface area contributed by atoms with Crippen LogP contribution in [0.25, 0.3) is 0 Å². The topological polar surface area (TPSA) is 105 Å². The van der Waals surface area contributed by atoms with Crippen LogP contribution in [0.2, 0.25) is 0 Å². The molecule has 0 saturated heterocycles. The lowest BCUT2D eigenvalue weighted by Crippen LogP contribution is -2.50. The second-order valence-electron chi connectivity index (χ2n) is 6.38. The third-order valence-corrected chi connectivity index (χ3v) is 5.04. The van der Waals surface area contributed by atoms with Gasteiger partial charge in [0.05, 0.1) is 24.0 Å². The van der Waals surface area contributed by atoms with Crippen molar-refractivity contribution in [2.45, 2.75) is 44.4 Å². The summed E-state index contributed by atoms with van der Waals surface area (Å²) in [6.45, 7) is 7.05. The second-order valence-corrected chi connectivity index (χ2v) is 8.34. The molecule has 0 fully saturated rings. The van der Waals surface area contributed by atoms with Gasteiger partial charge < -0.3 is 9.29 Å². The van der Waals surface area contributed by atoms with Gasteiger partial charge >= 0.3 is 5.97 Å². The normalized spacial score (nSPS) is 15.6. The van der Waals surface area contributed by atoms with Gasteiger partial charge in [0.15, 0.2) is 0 Å². The van der Waals surface area contributed by atoms with Gasteiger partial charge in [0.1, 0.15) is 4.75 Å². The molecule has 1 aromatic carbocycles. The van der Waals surface area contributed by atoms with E-state index < -0.39 is 32.5 Å². The number of hydrogen-bond acceptors (Lipinski definition) is 6. The molecule has 0 amide bonds. The molecule has 0 radical (unpaired) electrons. The highest BCUT2D eigenvalue weighted by atomic mass is 32.2. The molecule has 0 aromatic heterocycles. The minimum Gasteiger partial charge on any atom is -0.598 e. The lowest BCUT2D eigenvalue weighted by atomic mass is 9.89. The standard InChI is InChI=1S/C15H22N2O5S/c1-14(2,3)23(21)16-15(4,10-13(18)22-5)11-7-6-8-12(9-11)17(19)20/h6-9,16H,10H2,1-5H3/t15?,23-/m1/s1. The molecule has 0 aliphatic carbocycles. The number of carbonyl (C=O) groups is 1. The van der Waals surface area contributed by atoms with Crippen LogP contribution >= 0.6 is 0 Å². The summed E-state index contributed by atoms with van der Waals surface area (Å²) >= 11 is -1.47. The summed E-state index contributed by atoms with van der Waals surface area (Å²) < 4.78 is 19.5. The molecule has 0 aliphatic rings. The maximum Gasteiger partial charge on any atom is 0.307 e. The molecular weight excluding hydrogens is 320 g/mol. The Morgan fingerprint density at radius 3 is 2.43 bits per heavy atom. The summed E-state index contributed by atoms with van der Waals surface area (Å²) in [7, 11) is 1.26. The summed E-state index contributed by atoms with van der Waals surface area (Å²) in [6, 6.07) is 5.92. The Morgan fingerprint density at radius 2 is 1.96 bits per heavy atom. The average molecular weight is 342 g/mol. The van der Waals surface area contributed by atoms with E-state index in [0.717, 1.165) is 0 Å². The first-order valence-corrected chi connectivity index (χ1v) is 8.16. The van der Waals surface area contributed by atoms with E-state index in [2.05, 4.69) is 4.72 Å². The molecule has 2 atom stereocenters. The molecule has 0 spiro atoms. The number of esters is 1. The number of carbonyl (C=O) groups excluding carboxylic acids is 1. The average Bonchev–Trinajstić information content (AvgIpc) is 2.46. The second kappa shape index (κ2) is 7.29. The number of benzene rings is 1. The van der Waals surface area contributed by atoms with E-state index in [9.17, 15) is 19.5 Å². The van der Waals surface area contributed by atoms with Gasteiger partial charge in [-0.25, -0.2) is 0 Å². The van der Waals surface area contributed by atoms with Crippen LogP contribution in [-0.2, 0) is 26.4 Å². The van der Waals surface area contributed by atoms with Gasteiger partial charge in [-0.1, -0.05) is 12.1 Å². The number of rotatable bonds is 6. The number of non-ortho nitro benzene ring substituents is 1.